The van der Waals surface area contributed by atoms with Gasteiger partial charge in [0.2, 0.25) is 0 Å². The number of methoxy groups -OCH3 is 2. The first-order valence-electron chi connectivity index (χ1n) is 11.4. The first-order chi connectivity index (χ1) is 17.0. The van der Waals surface area contributed by atoms with Gasteiger partial charge in [0.05, 0.1) is 37.9 Å². The van der Waals surface area contributed by atoms with E-state index in [-0.39, 0.29) is 6.61 Å². The monoisotopic (exact) mass is 468 g/mol. The van der Waals surface area contributed by atoms with Gasteiger partial charge in [-0.15, -0.1) is 0 Å². The Hall–Kier alpha value is -4.32. The largest absolute Gasteiger partial charge is 0.497 e. The highest BCUT2D eigenvalue weighted by atomic mass is 16.5. The first-order valence-corrected chi connectivity index (χ1v) is 11.4. The lowest BCUT2D eigenvalue weighted by Crippen LogP contribution is -2.04. The van der Waals surface area contributed by atoms with Crippen molar-refractivity contribution < 1.29 is 19.0 Å². The highest BCUT2D eigenvalue weighted by molar-refractivity contribution is 5.97. The number of aromatic nitrogens is 2. The molecule has 0 spiro atoms. The standard InChI is InChI=1S/C29H28N2O4/c1-5-35-29(32)18-25(24-8-6-7-9-28(24)34-4)26-19-27(21-12-10-20(2)11-13-21)31(30-26)22-14-16-23(33-3)17-15-22/h6-19H,5H2,1-4H3/b25-18+. The molecule has 0 aliphatic carbocycles. The van der Waals surface area contributed by atoms with Gasteiger partial charge in [-0.25, -0.2) is 9.48 Å². The zero-order valence-corrected chi connectivity index (χ0v) is 20.3. The molecule has 6 nitrogen and oxygen atoms in total. The van der Waals surface area contributed by atoms with E-state index in [0.717, 1.165) is 28.3 Å². The van der Waals surface area contributed by atoms with E-state index in [4.69, 9.17) is 19.3 Å². The van der Waals surface area contributed by atoms with Crippen LogP contribution in [0.25, 0.3) is 22.5 Å². The van der Waals surface area contributed by atoms with Crippen LogP contribution < -0.4 is 9.47 Å². The Kier molecular flexibility index (Phi) is 7.31. The third-order valence-electron chi connectivity index (χ3n) is 5.60. The normalized spacial score (nSPS) is 11.3. The fourth-order valence-electron chi connectivity index (χ4n) is 3.82. The Labute approximate surface area is 205 Å². The lowest BCUT2D eigenvalue weighted by Gasteiger charge is -2.11. The molecule has 4 rings (SSSR count). The maximum Gasteiger partial charge on any atom is 0.331 e. The number of para-hydroxylation sites is 1. The maximum atomic E-state index is 12.6. The summed E-state index contributed by atoms with van der Waals surface area (Å²) in [6.45, 7) is 4.11. The number of ether oxygens (including phenoxy) is 3. The third-order valence-corrected chi connectivity index (χ3v) is 5.60. The molecule has 35 heavy (non-hydrogen) atoms. The quantitative estimate of drug-likeness (QED) is 0.239. The van der Waals surface area contributed by atoms with E-state index < -0.39 is 5.97 Å². The Morgan fingerprint density at radius 2 is 1.66 bits per heavy atom. The number of esters is 1. The van der Waals surface area contributed by atoms with Crippen LogP contribution in [0, 0.1) is 6.92 Å². The van der Waals surface area contributed by atoms with Gasteiger partial charge in [-0.05, 0) is 50.2 Å². The summed E-state index contributed by atoms with van der Waals surface area (Å²) in [7, 11) is 3.24. The molecule has 0 saturated heterocycles. The molecule has 0 aliphatic rings. The number of aryl methyl sites for hydroxylation is 1. The zero-order chi connectivity index (χ0) is 24.8. The second-order valence-electron chi connectivity index (χ2n) is 7.90. The van der Waals surface area contributed by atoms with Gasteiger partial charge in [-0.1, -0.05) is 48.0 Å². The number of hydrogen-bond acceptors (Lipinski definition) is 5. The van der Waals surface area contributed by atoms with Gasteiger partial charge < -0.3 is 14.2 Å². The van der Waals surface area contributed by atoms with E-state index in [1.54, 1.807) is 21.1 Å². The molecule has 0 unspecified atom stereocenters. The molecular formula is C29H28N2O4. The average molecular weight is 469 g/mol. The molecule has 0 amide bonds. The third kappa shape index (κ3) is 5.27. The molecule has 0 radical (unpaired) electrons. The fraction of sp³-hybridized carbons (Fsp3) is 0.172. The molecule has 0 N–H and O–H groups in total. The molecule has 0 saturated carbocycles. The molecule has 178 valence electrons. The van der Waals surface area contributed by atoms with Crippen molar-refractivity contribution in [2.45, 2.75) is 13.8 Å². The molecule has 0 fully saturated rings. The Morgan fingerprint density at radius 1 is 0.943 bits per heavy atom. The molecular weight excluding hydrogens is 440 g/mol. The van der Waals surface area contributed by atoms with Crippen LogP contribution in [0.5, 0.6) is 11.5 Å². The van der Waals surface area contributed by atoms with Crippen molar-refractivity contribution in [1.29, 1.82) is 0 Å². The number of carbonyl (C=O) groups excluding carboxylic acids is 1. The molecule has 3 aromatic carbocycles. The summed E-state index contributed by atoms with van der Waals surface area (Å²) in [6.07, 6.45) is 1.47. The van der Waals surface area contributed by atoms with Gasteiger partial charge in [0.15, 0.2) is 0 Å². The molecule has 6 heteroatoms. The molecule has 0 aliphatic heterocycles. The molecule has 1 aromatic heterocycles. The summed E-state index contributed by atoms with van der Waals surface area (Å²) in [6, 6.07) is 25.5. The van der Waals surface area contributed by atoms with Gasteiger partial charge in [0, 0.05) is 22.8 Å². The second kappa shape index (κ2) is 10.7. The van der Waals surface area contributed by atoms with Crippen LogP contribution in [0.2, 0.25) is 0 Å². The minimum atomic E-state index is -0.440. The highest BCUT2D eigenvalue weighted by Crippen LogP contribution is 2.34. The second-order valence-corrected chi connectivity index (χ2v) is 7.90. The van der Waals surface area contributed by atoms with E-state index >= 15 is 0 Å². The summed E-state index contributed by atoms with van der Waals surface area (Å²) in [4.78, 5) is 12.6. The van der Waals surface area contributed by atoms with E-state index in [0.29, 0.717) is 17.0 Å². The van der Waals surface area contributed by atoms with Crippen molar-refractivity contribution >= 4 is 11.5 Å². The van der Waals surface area contributed by atoms with E-state index in [2.05, 4.69) is 31.2 Å². The van der Waals surface area contributed by atoms with Crippen molar-refractivity contribution in [3.8, 4) is 28.4 Å². The van der Waals surface area contributed by atoms with Crippen LogP contribution >= 0.6 is 0 Å². The maximum absolute atomic E-state index is 12.6. The van der Waals surface area contributed by atoms with Crippen LogP contribution in [0.1, 0.15) is 23.7 Å². The number of hydrogen-bond donors (Lipinski definition) is 0. The van der Waals surface area contributed by atoms with E-state index in [1.807, 2.05) is 59.3 Å². The van der Waals surface area contributed by atoms with Crippen LogP contribution in [0.15, 0.2) is 84.9 Å². The smallest absolute Gasteiger partial charge is 0.331 e. The average Bonchev–Trinajstić information content (AvgIpc) is 3.33. The van der Waals surface area contributed by atoms with Crippen LogP contribution in [0.3, 0.4) is 0 Å². The summed E-state index contributed by atoms with van der Waals surface area (Å²) in [5.41, 5.74) is 5.90. The summed E-state index contributed by atoms with van der Waals surface area (Å²) >= 11 is 0. The fourth-order valence-corrected chi connectivity index (χ4v) is 3.82. The highest BCUT2D eigenvalue weighted by Gasteiger charge is 2.19. The molecule has 0 bridgehead atoms. The predicted molar refractivity (Wildman–Crippen MR) is 137 cm³/mol. The topological polar surface area (TPSA) is 62.6 Å². The zero-order valence-electron chi connectivity index (χ0n) is 20.3. The van der Waals surface area contributed by atoms with Gasteiger partial charge in [-0.2, -0.15) is 5.10 Å². The summed E-state index contributed by atoms with van der Waals surface area (Å²) < 4.78 is 18.0. The summed E-state index contributed by atoms with van der Waals surface area (Å²) in [5.74, 6) is 0.957. The van der Waals surface area contributed by atoms with Gasteiger partial charge in [-0.3, -0.25) is 0 Å². The number of carbonyl (C=O) groups is 1. The Balaban J connectivity index is 1.93. The lowest BCUT2D eigenvalue weighted by atomic mass is 10.00. The van der Waals surface area contributed by atoms with Crippen LogP contribution in [-0.2, 0) is 9.53 Å². The van der Waals surface area contributed by atoms with Gasteiger partial charge >= 0.3 is 5.97 Å². The van der Waals surface area contributed by atoms with Gasteiger partial charge in [0.1, 0.15) is 11.5 Å². The van der Waals surface area contributed by atoms with Gasteiger partial charge in [0.25, 0.3) is 0 Å². The van der Waals surface area contributed by atoms with E-state index in [9.17, 15) is 4.79 Å². The molecule has 4 aromatic rings. The molecule has 0 atom stereocenters. The van der Waals surface area contributed by atoms with Crippen LogP contribution in [-0.4, -0.2) is 36.6 Å². The minimum absolute atomic E-state index is 0.281. The van der Waals surface area contributed by atoms with Crippen molar-refractivity contribution in [3.63, 3.8) is 0 Å². The van der Waals surface area contributed by atoms with Crippen molar-refractivity contribution in [2.75, 3.05) is 20.8 Å². The number of rotatable bonds is 8. The lowest BCUT2D eigenvalue weighted by molar-refractivity contribution is -0.137. The van der Waals surface area contributed by atoms with E-state index in [1.165, 1.54) is 11.6 Å². The van der Waals surface area contributed by atoms with Crippen molar-refractivity contribution in [3.05, 3.63) is 102 Å². The van der Waals surface area contributed by atoms with Crippen LogP contribution in [0.4, 0.5) is 0 Å². The Bertz CT molecular complexity index is 1340. The van der Waals surface area contributed by atoms with Crippen molar-refractivity contribution in [2.24, 2.45) is 0 Å². The SMILES string of the molecule is CCOC(=O)/C=C(/c1cc(-c2ccc(C)cc2)n(-c2ccc(OC)cc2)n1)c1ccccc1OC. The summed E-state index contributed by atoms with van der Waals surface area (Å²) in [5, 5.41) is 4.94. The minimum Gasteiger partial charge on any atom is -0.497 e. The molecule has 1 heterocycles. The Morgan fingerprint density at radius 3 is 2.31 bits per heavy atom. The number of benzene rings is 3. The first kappa shape index (κ1) is 23.8. The van der Waals surface area contributed by atoms with Crippen molar-refractivity contribution in [1.82, 2.24) is 9.78 Å². The predicted octanol–water partition coefficient (Wildman–Crippen LogP) is 5.86. The number of nitrogens with zero attached hydrogens (tertiary/aromatic N) is 2.